The SMILES string of the molecule is COc1ccc(CN2CCN(C(=O)c3cc(C)oc3C)CC2)c(Br)c1OC. The smallest absolute Gasteiger partial charge is 0.257 e. The Morgan fingerprint density at radius 3 is 2.41 bits per heavy atom. The van der Waals surface area contributed by atoms with E-state index in [0.29, 0.717) is 35.9 Å². The summed E-state index contributed by atoms with van der Waals surface area (Å²) in [6.07, 6.45) is 0. The molecule has 2 heterocycles. The number of aryl methyl sites for hydroxylation is 2. The minimum atomic E-state index is 0.0521. The topological polar surface area (TPSA) is 55.2 Å². The Morgan fingerprint density at radius 1 is 1.15 bits per heavy atom. The van der Waals surface area contributed by atoms with Crippen LogP contribution in [0.1, 0.15) is 27.4 Å². The van der Waals surface area contributed by atoms with E-state index in [9.17, 15) is 4.79 Å². The lowest BCUT2D eigenvalue weighted by Crippen LogP contribution is -2.48. The van der Waals surface area contributed by atoms with Crippen LogP contribution in [0, 0.1) is 13.8 Å². The lowest BCUT2D eigenvalue weighted by molar-refractivity contribution is 0.0626. The van der Waals surface area contributed by atoms with Crippen molar-refractivity contribution < 1.29 is 18.7 Å². The van der Waals surface area contributed by atoms with Gasteiger partial charge < -0.3 is 18.8 Å². The number of nitrogens with zero attached hydrogens (tertiary/aromatic N) is 2. The van der Waals surface area contributed by atoms with Crippen molar-refractivity contribution >= 4 is 21.8 Å². The molecule has 2 aromatic rings. The fourth-order valence-corrected chi connectivity index (χ4v) is 4.03. The number of piperazine rings is 1. The molecule has 3 rings (SSSR count). The van der Waals surface area contributed by atoms with Crippen molar-refractivity contribution in [3.8, 4) is 11.5 Å². The number of furan rings is 1. The maximum absolute atomic E-state index is 12.7. The summed E-state index contributed by atoms with van der Waals surface area (Å²) in [6, 6.07) is 5.79. The molecule has 1 aliphatic heterocycles. The van der Waals surface area contributed by atoms with Gasteiger partial charge in [0.15, 0.2) is 11.5 Å². The summed E-state index contributed by atoms with van der Waals surface area (Å²) in [4.78, 5) is 17.0. The zero-order chi connectivity index (χ0) is 19.6. The van der Waals surface area contributed by atoms with Crippen molar-refractivity contribution in [2.24, 2.45) is 0 Å². The number of hydrogen-bond acceptors (Lipinski definition) is 5. The molecule has 0 bridgehead atoms. The van der Waals surface area contributed by atoms with Gasteiger partial charge in [-0.1, -0.05) is 6.07 Å². The molecule has 0 N–H and O–H groups in total. The Bertz CT molecular complexity index is 826. The van der Waals surface area contributed by atoms with Crippen LogP contribution in [0.3, 0.4) is 0 Å². The molecule has 1 amide bonds. The summed E-state index contributed by atoms with van der Waals surface area (Å²) in [5.41, 5.74) is 1.80. The summed E-state index contributed by atoms with van der Waals surface area (Å²) < 4.78 is 17.2. The zero-order valence-electron chi connectivity index (χ0n) is 16.2. The summed E-state index contributed by atoms with van der Waals surface area (Å²) >= 11 is 3.63. The fraction of sp³-hybridized carbons (Fsp3) is 0.450. The van der Waals surface area contributed by atoms with Crippen molar-refractivity contribution in [2.45, 2.75) is 20.4 Å². The van der Waals surface area contributed by atoms with E-state index in [-0.39, 0.29) is 5.91 Å². The second-order valence-corrected chi connectivity index (χ2v) is 7.46. The van der Waals surface area contributed by atoms with Crippen molar-refractivity contribution in [1.82, 2.24) is 9.80 Å². The van der Waals surface area contributed by atoms with Gasteiger partial charge >= 0.3 is 0 Å². The molecule has 7 heteroatoms. The van der Waals surface area contributed by atoms with E-state index in [4.69, 9.17) is 13.9 Å². The maximum atomic E-state index is 12.7. The second kappa shape index (κ2) is 8.35. The Hall–Kier alpha value is -1.99. The molecule has 6 nitrogen and oxygen atoms in total. The van der Waals surface area contributed by atoms with E-state index in [1.165, 1.54) is 0 Å². The monoisotopic (exact) mass is 436 g/mol. The van der Waals surface area contributed by atoms with Gasteiger partial charge in [0.2, 0.25) is 0 Å². The standard InChI is InChI=1S/C20H25BrN2O4/c1-13-11-16(14(2)27-13)20(24)23-9-7-22(8-10-23)12-15-5-6-17(25-3)19(26-4)18(15)21/h5-6,11H,7-10,12H2,1-4H3. The fourth-order valence-electron chi connectivity index (χ4n) is 3.42. The highest BCUT2D eigenvalue weighted by Crippen LogP contribution is 2.38. The quantitative estimate of drug-likeness (QED) is 0.715. The Morgan fingerprint density at radius 2 is 1.85 bits per heavy atom. The van der Waals surface area contributed by atoms with E-state index >= 15 is 0 Å². The molecule has 1 aromatic heterocycles. The van der Waals surface area contributed by atoms with Crippen LogP contribution in [0.25, 0.3) is 0 Å². The van der Waals surface area contributed by atoms with Crippen LogP contribution in [-0.2, 0) is 6.54 Å². The van der Waals surface area contributed by atoms with Gasteiger partial charge in [-0.05, 0) is 47.5 Å². The third-order valence-corrected chi connectivity index (χ3v) is 5.76. The third kappa shape index (κ3) is 4.14. The Kier molecular flexibility index (Phi) is 6.11. The lowest BCUT2D eigenvalue weighted by Gasteiger charge is -2.35. The van der Waals surface area contributed by atoms with E-state index < -0.39 is 0 Å². The van der Waals surface area contributed by atoms with Crippen molar-refractivity contribution in [1.29, 1.82) is 0 Å². The van der Waals surface area contributed by atoms with Gasteiger partial charge in [0.25, 0.3) is 5.91 Å². The first-order valence-corrected chi connectivity index (χ1v) is 9.72. The molecule has 0 atom stereocenters. The number of methoxy groups -OCH3 is 2. The van der Waals surface area contributed by atoms with Gasteiger partial charge in [0.1, 0.15) is 11.5 Å². The third-order valence-electron chi connectivity index (χ3n) is 4.89. The second-order valence-electron chi connectivity index (χ2n) is 6.67. The molecule has 0 unspecified atom stereocenters. The Labute approximate surface area is 168 Å². The maximum Gasteiger partial charge on any atom is 0.257 e. The molecular formula is C20H25BrN2O4. The molecule has 1 aromatic carbocycles. The predicted molar refractivity (Wildman–Crippen MR) is 107 cm³/mol. The van der Waals surface area contributed by atoms with Crippen LogP contribution in [-0.4, -0.2) is 56.1 Å². The van der Waals surface area contributed by atoms with Gasteiger partial charge in [0, 0.05) is 32.7 Å². The van der Waals surface area contributed by atoms with Gasteiger partial charge in [-0.25, -0.2) is 0 Å². The first-order valence-electron chi connectivity index (χ1n) is 8.92. The molecule has 0 spiro atoms. The van der Waals surface area contributed by atoms with Crippen LogP contribution in [0.15, 0.2) is 27.1 Å². The van der Waals surface area contributed by atoms with Gasteiger partial charge in [-0.2, -0.15) is 0 Å². The molecular weight excluding hydrogens is 412 g/mol. The van der Waals surface area contributed by atoms with E-state index in [0.717, 1.165) is 35.4 Å². The van der Waals surface area contributed by atoms with Crippen LogP contribution < -0.4 is 9.47 Å². The first kappa shape index (κ1) is 19.8. The summed E-state index contributed by atoms with van der Waals surface area (Å²) in [5, 5.41) is 0. The van der Waals surface area contributed by atoms with Crippen molar-refractivity contribution in [2.75, 3.05) is 40.4 Å². The number of carbonyl (C=O) groups is 1. The average molecular weight is 437 g/mol. The number of ether oxygens (including phenoxy) is 2. The number of amides is 1. The number of halogens is 1. The largest absolute Gasteiger partial charge is 0.493 e. The van der Waals surface area contributed by atoms with Gasteiger partial charge in [0.05, 0.1) is 24.3 Å². The molecule has 1 saturated heterocycles. The highest BCUT2D eigenvalue weighted by molar-refractivity contribution is 9.10. The minimum Gasteiger partial charge on any atom is -0.493 e. The van der Waals surface area contributed by atoms with E-state index in [1.54, 1.807) is 14.2 Å². The zero-order valence-corrected chi connectivity index (χ0v) is 17.8. The minimum absolute atomic E-state index is 0.0521. The molecule has 0 aliphatic carbocycles. The number of benzene rings is 1. The molecule has 27 heavy (non-hydrogen) atoms. The van der Waals surface area contributed by atoms with Gasteiger partial charge in [-0.15, -0.1) is 0 Å². The highest BCUT2D eigenvalue weighted by Gasteiger charge is 2.25. The molecule has 1 fully saturated rings. The van der Waals surface area contributed by atoms with E-state index in [1.807, 2.05) is 36.9 Å². The highest BCUT2D eigenvalue weighted by atomic mass is 79.9. The number of rotatable bonds is 5. The van der Waals surface area contributed by atoms with E-state index in [2.05, 4.69) is 20.8 Å². The number of carbonyl (C=O) groups excluding carboxylic acids is 1. The Balaban J connectivity index is 1.63. The molecule has 146 valence electrons. The van der Waals surface area contributed by atoms with Crippen LogP contribution in [0.5, 0.6) is 11.5 Å². The molecule has 1 aliphatic rings. The number of hydrogen-bond donors (Lipinski definition) is 0. The van der Waals surface area contributed by atoms with Crippen molar-refractivity contribution in [3.05, 3.63) is 45.3 Å². The van der Waals surface area contributed by atoms with Crippen LogP contribution in [0.4, 0.5) is 0 Å². The first-order chi connectivity index (χ1) is 12.9. The van der Waals surface area contributed by atoms with Crippen LogP contribution >= 0.6 is 15.9 Å². The average Bonchev–Trinajstić information content (AvgIpc) is 3.01. The summed E-state index contributed by atoms with van der Waals surface area (Å²) in [6.45, 7) is 7.53. The summed E-state index contributed by atoms with van der Waals surface area (Å²) in [5.74, 6) is 2.92. The predicted octanol–water partition coefficient (Wildman–Crippen LogP) is 3.63. The molecule has 0 saturated carbocycles. The van der Waals surface area contributed by atoms with Crippen LogP contribution in [0.2, 0.25) is 0 Å². The van der Waals surface area contributed by atoms with Gasteiger partial charge in [-0.3, -0.25) is 9.69 Å². The lowest BCUT2D eigenvalue weighted by atomic mass is 10.1. The summed E-state index contributed by atoms with van der Waals surface area (Å²) in [7, 11) is 3.26. The molecule has 0 radical (unpaired) electrons. The normalized spacial score (nSPS) is 15.1. The van der Waals surface area contributed by atoms with Crippen molar-refractivity contribution in [3.63, 3.8) is 0 Å².